The van der Waals surface area contributed by atoms with Crippen LogP contribution in [0.2, 0.25) is 0 Å². The Bertz CT molecular complexity index is 452. The van der Waals surface area contributed by atoms with Gasteiger partial charge in [-0.25, -0.2) is 9.59 Å². The fraction of sp³-hybridized carbons (Fsp3) is 0.167. The summed E-state index contributed by atoms with van der Waals surface area (Å²) in [5.41, 5.74) is 0.222. The average molecular weight is 315 g/mol. The highest BCUT2D eigenvalue weighted by molar-refractivity contribution is 9.10. The molecule has 1 rings (SSSR count). The molecular formula is C12H11BrO5. The number of hydrogen-bond acceptors (Lipinski definition) is 5. The van der Waals surface area contributed by atoms with Crippen molar-refractivity contribution < 1.29 is 23.8 Å². The molecule has 0 bridgehead atoms. The van der Waals surface area contributed by atoms with Crippen LogP contribution in [-0.4, -0.2) is 18.9 Å². The Hall–Kier alpha value is -1.82. The first-order valence-electron chi connectivity index (χ1n) is 4.92. The molecule has 6 heteroatoms. The standard InChI is InChI=1S/C12H11BrO5/c1-8(2)11(14)16-7-17-12(15)18-10-5-3-9(13)4-6-10/h3-6H,1,7H2,2H3. The molecule has 0 N–H and O–H groups in total. The second-order valence-corrected chi connectivity index (χ2v) is 4.20. The van der Waals surface area contributed by atoms with Gasteiger partial charge in [-0.05, 0) is 31.2 Å². The van der Waals surface area contributed by atoms with E-state index in [2.05, 4.69) is 32.0 Å². The van der Waals surface area contributed by atoms with Crippen molar-refractivity contribution in [2.45, 2.75) is 6.92 Å². The topological polar surface area (TPSA) is 61.8 Å². The van der Waals surface area contributed by atoms with Crippen molar-refractivity contribution in [1.82, 2.24) is 0 Å². The fourth-order valence-electron chi connectivity index (χ4n) is 0.883. The number of halogens is 1. The largest absolute Gasteiger partial charge is 0.516 e. The van der Waals surface area contributed by atoms with Crippen LogP contribution in [0.25, 0.3) is 0 Å². The monoisotopic (exact) mass is 314 g/mol. The maximum Gasteiger partial charge on any atom is 0.516 e. The molecule has 1 aromatic carbocycles. The summed E-state index contributed by atoms with van der Waals surface area (Å²) < 4.78 is 14.8. The third-order valence-corrected chi connectivity index (χ3v) is 2.26. The first-order chi connectivity index (χ1) is 8.49. The third-order valence-electron chi connectivity index (χ3n) is 1.73. The van der Waals surface area contributed by atoms with Crippen LogP contribution in [0, 0.1) is 0 Å². The van der Waals surface area contributed by atoms with Gasteiger partial charge in [-0.2, -0.15) is 0 Å². The van der Waals surface area contributed by atoms with E-state index in [0.29, 0.717) is 5.75 Å². The van der Waals surface area contributed by atoms with E-state index in [1.807, 2.05) is 0 Å². The summed E-state index contributed by atoms with van der Waals surface area (Å²) in [6.07, 6.45) is -0.952. The number of carbonyl (C=O) groups excluding carboxylic acids is 2. The van der Waals surface area contributed by atoms with E-state index in [1.165, 1.54) is 6.92 Å². The Kier molecular flexibility index (Phi) is 5.38. The van der Waals surface area contributed by atoms with Crippen LogP contribution < -0.4 is 4.74 Å². The summed E-state index contributed by atoms with van der Waals surface area (Å²) in [5, 5.41) is 0. The molecule has 96 valence electrons. The molecule has 0 spiro atoms. The Balaban J connectivity index is 2.32. The number of esters is 1. The van der Waals surface area contributed by atoms with E-state index >= 15 is 0 Å². The van der Waals surface area contributed by atoms with E-state index in [-0.39, 0.29) is 5.57 Å². The zero-order valence-electron chi connectivity index (χ0n) is 9.64. The van der Waals surface area contributed by atoms with Crippen LogP contribution in [0.1, 0.15) is 6.92 Å². The van der Waals surface area contributed by atoms with Crippen LogP contribution in [0.3, 0.4) is 0 Å². The Morgan fingerprint density at radius 1 is 1.22 bits per heavy atom. The molecule has 0 saturated carbocycles. The lowest BCUT2D eigenvalue weighted by Gasteiger charge is -2.06. The van der Waals surface area contributed by atoms with Gasteiger partial charge < -0.3 is 14.2 Å². The highest BCUT2D eigenvalue weighted by Crippen LogP contribution is 2.16. The van der Waals surface area contributed by atoms with Crippen molar-refractivity contribution in [1.29, 1.82) is 0 Å². The summed E-state index contributed by atoms with van der Waals surface area (Å²) in [6, 6.07) is 6.60. The minimum absolute atomic E-state index is 0.222. The minimum atomic E-state index is -0.952. The van der Waals surface area contributed by atoms with Crippen molar-refractivity contribution in [3.63, 3.8) is 0 Å². The van der Waals surface area contributed by atoms with Crippen LogP contribution >= 0.6 is 15.9 Å². The van der Waals surface area contributed by atoms with Gasteiger partial charge in [0.2, 0.25) is 6.79 Å². The van der Waals surface area contributed by atoms with Gasteiger partial charge in [0.15, 0.2) is 0 Å². The molecule has 0 heterocycles. The van der Waals surface area contributed by atoms with Crippen molar-refractivity contribution in [2.24, 2.45) is 0 Å². The van der Waals surface area contributed by atoms with Gasteiger partial charge in [-0.1, -0.05) is 22.5 Å². The SMILES string of the molecule is C=C(C)C(=O)OCOC(=O)Oc1ccc(Br)cc1. The number of ether oxygens (including phenoxy) is 3. The van der Waals surface area contributed by atoms with Crippen molar-refractivity contribution >= 4 is 28.1 Å². The normalized spacial score (nSPS) is 9.44. The lowest BCUT2D eigenvalue weighted by Crippen LogP contribution is -2.15. The summed E-state index contributed by atoms with van der Waals surface area (Å²) in [4.78, 5) is 22.1. The molecule has 0 fully saturated rings. The van der Waals surface area contributed by atoms with Crippen LogP contribution in [-0.2, 0) is 14.3 Å². The van der Waals surface area contributed by atoms with Gasteiger partial charge in [-0.15, -0.1) is 0 Å². The Morgan fingerprint density at radius 2 is 1.83 bits per heavy atom. The second kappa shape index (κ2) is 6.80. The third kappa shape index (κ3) is 5.01. The number of carbonyl (C=O) groups is 2. The molecule has 5 nitrogen and oxygen atoms in total. The summed E-state index contributed by atoms with van der Waals surface area (Å²) >= 11 is 3.25. The van der Waals surface area contributed by atoms with E-state index < -0.39 is 18.9 Å². The van der Waals surface area contributed by atoms with E-state index in [1.54, 1.807) is 24.3 Å². The first kappa shape index (κ1) is 14.2. The molecule has 0 aliphatic rings. The molecule has 0 amide bonds. The van der Waals surface area contributed by atoms with Gasteiger partial charge in [0, 0.05) is 10.0 Å². The molecule has 0 aliphatic carbocycles. The van der Waals surface area contributed by atoms with Crippen molar-refractivity contribution in [3.8, 4) is 5.75 Å². The van der Waals surface area contributed by atoms with Crippen molar-refractivity contribution in [3.05, 3.63) is 40.9 Å². The van der Waals surface area contributed by atoms with Gasteiger partial charge in [0.1, 0.15) is 5.75 Å². The lowest BCUT2D eigenvalue weighted by molar-refractivity contribution is -0.147. The summed E-state index contributed by atoms with van der Waals surface area (Å²) in [6.45, 7) is 4.35. The minimum Gasteiger partial charge on any atom is -0.424 e. The summed E-state index contributed by atoms with van der Waals surface area (Å²) in [7, 11) is 0. The Morgan fingerprint density at radius 3 is 2.39 bits per heavy atom. The lowest BCUT2D eigenvalue weighted by atomic mass is 10.3. The molecule has 0 atom stereocenters. The summed E-state index contributed by atoms with van der Waals surface area (Å²) in [5.74, 6) is -0.305. The quantitative estimate of drug-likeness (QED) is 0.370. The number of rotatable bonds is 4. The highest BCUT2D eigenvalue weighted by Gasteiger charge is 2.08. The first-order valence-corrected chi connectivity index (χ1v) is 5.71. The maximum absolute atomic E-state index is 11.2. The van der Waals surface area contributed by atoms with Crippen LogP contribution in [0.5, 0.6) is 5.75 Å². The number of benzene rings is 1. The Labute approximate surface area is 112 Å². The molecule has 1 aromatic rings. The van der Waals surface area contributed by atoms with Gasteiger partial charge >= 0.3 is 12.1 Å². The molecule has 0 aliphatic heterocycles. The second-order valence-electron chi connectivity index (χ2n) is 3.28. The molecular weight excluding hydrogens is 304 g/mol. The van der Waals surface area contributed by atoms with Crippen LogP contribution in [0.4, 0.5) is 4.79 Å². The number of hydrogen-bond donors (Lipinski definition) is 0. The molecule has 0 saturated heterocycles. The van der Waals surface area contributed by atoms with Gasteiger partial charge in [-0.3, -0.25) is 0 Å². The predicted molar refractivity (Wildman–Crippen MR) is 67.0 cm³/mol. The molecule has 0 unspecified atom stereocenters. The van der Waals surface area contributed by atoms with Gasteiger partial charge in [0.25, 0.3) is 0 Å². The molecule has 18 heavy (non-hydrogen) atoms. The van der Waals surface area contributed by atoms with E-state index in [9.17, 15) is 9.59 Å². The highest BCUT2D eigenvalue weighted by atomic mass is 79.9. The average Bonchev–Trinajstić information content (AvgIpc) is 2.32. The molecule has 0 radical (unpaired) electrons. The van der Waals surface area contributed by atoms with Gasteiger partial charge in [0.05, 0.1) is 0 Å². The zero-order chi connectivity index (χ0) is 13.5. The van der Waals surface area contributed by atoms with E-state index in [0.717, 1.165) is 4.47 Å². The van der Waals surface area contributed by atoms with E-state index in [4.69, 9.17) is 4.74 Å². The smallest absolute Gasteiger partial charge is 0.424 e. The fourth-order valence-corrected chi connectivity index (χ4v) is 1.15. The maximum atomic E-state index is 11.2. The predicted octanol–water partition coefficient (Wildman–Crippen LogP) is 3.04. The van der Waals surface area contributed by atoms with Crippen molar-refractivity contribution in [2.75, 3.05) is 6.79 Å². The zero-order valence-corrected chi connectivity index (χ0v) is 11.2. The molecule has 0 aromatic heterocycles. The van der Waals surface area contributed by atoms with Crippen LogP contribution in [0.15, 0.2) is 40.9 Å².